The van der Waals surface area contributed by atoms with Gasteiger partial charge in [0.15, 0.2) is 23.2 Å². The fourth-order valence-electron chi connectivity index (χ4n) is 4.62. The normalized spacial score (nSPS) is 15.9. The molecule has 3 heterocycles. The Bertz CT molecular complexity index is 1300. The number of aromatic nitrogens is 2. The molecule has 2 aromatic carbocycles. The van der Waals surface area contributed by atoms with Gasteiger partial charge >= 0.3 is 0 Å². The molecule has 3 aromatic rings. The largest absolute Gasteiger partial charge is 0.454 e. The molecule has 2 aliphatic heterocycles. The summed E-state index contributed by atoms with van der Waals surface area (Å²) in [6, 6.07) is 15.7. The van der Waals surface area contributed by atoms with E-state index in [1.165, 1.54) is 5.56 Å². The van der Waals surface area contributed by atoms with E-state index in [-0.39, 0.29) is 12.7 Å². The summed E-state index contributed by atoms with van der Waals surface area (Å²) in [6.45, 7) is 5.06. The zero-order valence-corrected chi connectivity index (χ0v) is 20.9. The van der Waals surface area contributed by atoms with Gasteiger partial charge in [-0.2, -0.15) is 5.26 Å². The number of ether oxygens (including phenoxy) is 3. The van der Waals surface area contributed by atoms with Crippen molar-refractivity contribution >= 4 is 22.8 Å². The van der Waals surface area contributed by atoms with Crippen molar-refractivity contribution in [2.45, 2.75) is 18.9 Å². The number of nitrogens with zero attached hydrogens (tertiary/aromatic N) is 5. The number of rotatable bonds is 9. The minimum atomic E-state index is -1.05. The molecule has 1 atom stereocenters. The number of hydrogen-bond acceptors (Lipinski definition) is 9. The lowest BCUT2D eigenvalue weighted by Gasteiger charge is -2.36. The second-order valence-electron chi connectivity index (χ2n) is 9.07. The fourth-order valence-corrected chi connectivity index (χ4v) is 4.62. The van der Waals surface area contributed by atoms with Gasteiger partial charge in [-0.15, -0.1) is 0 Å². The molecular formula is C27H30N6O4. The van der Waals surface area contributed by atoms with Crippen LogP contribution in [-0.2, 0) is 16.1 Å². The van der Waals surface area contributed by atoms with Crippen molar-refractivity contribution in [1.82, 2.24) is 20.2 Å². The first-order valence-corrected chi connectivity index (χ1v) is 12.4. The van der Waals surface area contributed by atoms with E-state index in [1.54, 1.807) is 7.11 Å². The van der Waals surface area contributed by atoms with Crippen LogP contribution in [0.15, 0.2) is 42.5 Å². The molecule has 0 unspecified atom stereocenters. The van der Waals surface area contributed by atoms with Gasteiger partial charge in [0, 0.05) is 53.0 Å². The maximum atomic E-state index is 13.0. The van der Waals surface area contributed by atoms with Crippen molar-refractivity contribution in [1.29, 1.82) is 5.26 Å². The Morgan fingerprint density at radius 1 is 1.11 bits per heavy atom. The van der Waals surface area contributed by atoms with E-state index in [0.29, 0.717) is 49.7 Å². The molecule has 37 heavy (non-hydrogen) atoms. The van der Waals surface area contributed by atoms with Crippen LogP contribution in [0.25, 0.3) is 11.0 Å². The topological polar surface area (TPSA) is 113 Å². The summed E-state index contributed by atoms with van der Waals surface area (Å²) in [5, 5.41) is 12.8. The Hall–Kier alpha value is -3.94. The second-order valence-corrected chi connectivity index (χ2v) is 9.07. The van der Waals surface area contributed by atoms with Crippen LogP contribution in [0, 0.1) is 11.3 Å². The monoisotopic (exact) mass is 502 g/mol. The number of amides is 1. The third kappa shape index (κ3) is 5.58. The van der Waals surface area contributed by atoms with Crippen molar-refractivity contribution in [3.8, 4) is 17.6 Å². The van der Waals surface area contributed by atoms with E-state index in [9.17, 15) is 10.1 Å². The highest BCUT2D eigenvalue weighted by molar-refractivity contribution is 5.88. The zero-order chi connectivity index (χ0) is 25.6. The summed E-state index contributed by atoms with van der Waals surface area (Å²) in [5.41, 5.74) is 2.96. The zero-order valence-electron chi connectivity index (χ0n) is 20.9. The number of carbonyl (C=O) groups is 1. The lowest BCUT2D eigenvalue weighted by atomic mass is 10.0. The fraction of sp³-hybridized carbons (Fsp3) is 0.407. The number of anilines is 1. The lowest BCUT2D eigenvalue weighted by molar-refractivity contribution is -0.121. The summed E-state index contributed by atoms with van der Waals surface area (Å²) >= 11 is 0. The molecule has 10 heteroatoms. The number of hydrogen-bond donors (Lipinski definition) is 1. The molecule has 0 radical (unpaired) electrons. The number of fused-ring (bicyclic) bond motifs is 2. The van der Waals surface area contributed by atoms with E-state index in [4.69, 9.17) is 24.2 Å². The summed E-state index contributed by atoms with van der Waals surface area (Å²) < 4.78 is 16.0. The maximum Gasteiger partial charge on any atom is 0.243 e. The van der Waals surface area contributed by atoms with Gasteiger partial charge in [0.2, 0.25) is 12.7 Å². The molecule has 0 bridgehead atoms. The molecule has 5 rings (SSSR count). The van der Waals surface area contributed by atoms with E-state index in [0.717, 1.165) is 36.6 Å². The third-order valence-electron chi connectivity index (χ3n) is 6.58. The van der Waals surface area contributed by atoms with Crippen molar-refractivity contribution in [3.05, 3.63) is 53.7 Å². The Morgan fingerprint density at radius 3 is 2.62 bits per heavy atom. The van der Waals surface area contributed by atoms with Crippen molar-refractivity contribution in [2.24, 2.45) is 0 Å². The molecule has 1 amide bonds. The van der Waals surface area contributed by atoms with Crippen molar-refractivity contribution in [3.63, 3.8) is 0 Å². The molecule has 0 spiro atoms. The number of methoxy groups -OCH3 is 1. The Kier molecular flexibility index (Phi) is 7.63. The van der Waals surface area contributed by atoms with E-state index in [1.807, 2.05) is 36.4 Å². The standard InChI is InChI=1S/C27H30N6O4/c1-35-14-4-9-29-27(34)20(16-28)25-26(31-22-6-3-2-5-21(22)30-25)33-12-10-32(11-13-33)17-19-7-8-23-24(15-19)37-18-36-23/h2-3,5-8,15,20H,4,9-14,17-18H2,1H3,(H,29,34)/t20-/m0/s1. The number of carbonyl (C=O) groups excluding carboxylic acids is 1. The van der Waals surface area contributed by atoms with Gasteiger partial charge in [-0.25, -0.2) is 9.97 Å². The number of nitrogens with one attached hydrogen (secondary N) is 1. The first kappa shape index (κ1) is 24.7. The number of para-hydroxylation sites is 2. The highest BCUT2D eigenvalue weighted by atomic mass is 16.7. The summed E-state index contributed by atoms with van der Waals surface area (Å²) in [5.74, 6) is 0.744. The van der Waals surface area contributed by atoms with Gasteiger partial charge in [-0.05, 0) is 36.2 Å². The van der Waals surface area contributed by atoms with Crippen LogP contribution in [0.1, 0.15) is 23.6 Å². The van der Waals surface area contributed by atoms with Gasteiger partial charge in [-0.3, -0.25) is 9.69 Å². The van der Waals surface area contributed by atoms with Gasteiger partial charge in [0.1, 0.15) is 5.69 Å². The summed E-state index contributed by atoms with van der Waals surface area (Å²) in [7, 11) is 1.62. The van der Waals surface area contributed by atoms with E-state index < -0.39 is 5.92 Å². The van der Waals surface area contributed by atoms with Crippen LogP contribution < -0.4 is 19.7 Å². The first-order chi connectivity index (χ1) is 18.2. The van der Waals surface area contributed by atoms with Gasteiger partial charge in [0.25, 0.3) is 0 Å². The highest BCUT2D eigenvalue weighted by Gasteiger charge is 2.30. The van der Waals surface area contributed by atoms with Crippen LogP contribution in [-0.4, -0.2) is 74.0 Å². The predicted molar refractivity (Wildman–Crippen MR) is 137 cm³/mol. The quantitative estimate of drug-likeness (QED) is 0.441. The number of nitriles is 1. The molecule has 1 aromatic heterocycles. The molecule has 2 aliphatic rings. The Labute approximate surface area is 215 Å². The lowest BCUT2D eigenvalue weighted by Crippen LogP contribution is -2.47. The maximum absolute atomic E-state index is 13.0. The molecule has 0 aliphatic carbocycles. The van der Waals surface area contributed by atoms with Gasteiger partial charge < -0.3 is 24.4 Å². The molecule has 1 N–H and O–H groups in total. The third-order valence-corrected chi connectivity index (χ3v) is 6.58. The molecule has 0 saturated carbocycles. The minimum absolute atomic E-state index is 0.265. The minimum Gasteiger partial charge on any atom is -0.454 e. The van der Waals surface area contributed by atoms with Crippen LogP contribution in [0.5, 0.6) is 11.5 Å². The van der Waals surface area contributed by atoms with E-state index in [2.05, 4.69) is 27.3 Å². The summed E-state index contributed by atoms with van der Waals surface area (Å²) in [4.78, 5) is 27.1. The smallest absolute Gasteiger partial charge is 0.243 e. The average Bonchev–Trinajstić information content (AvgIpc) is 3.40. The SMILES string of the molecule is COCCCNC(=O)[C@@H](C#N)c1nc2ccccc2nc1N1CCN(Cc2ccc3c(c2)OCO3)CC1. The van der Waals surface area contributed by atoms with Crippen LogP contribution in [0.3, 0.4) is 0 Å². The number of benzene rings is 2. The Morgan fingerprint density at radius 2 is 1.86 bits per heavy atom. The van der Waals surface area contributed by atoms with Gasteiger partial charge in [0.05, 0.1) is 17.1 Å². The molecule has 1 saturated heterocycles. The van der Waals surface area contributed by atoms with E-state index >= 15 is 0 Å². The van der Waals surface area contributed by atoms with Crippen molar-refractivity contribution in [2.75, 3.05) is 58.1 Å². The number of piperazine rings is 1. The van der Waals surface area contributed by atoms with Gasteiger partial charge in [-0.1, -0.05) is 18.2 Å². The Balaban J connectivity index is 1.33. The highest BCUT2D eigenvalue weighted by Crippen LogP contribution is 2.33. The molecule has 192 valence electrons. The average molecular weight is 503 g/mol. The predicted octanol–water partition coefficient (Wildman–Crippen LogP) is 2.44. The second kappa shape index (κ2) is 11.4. The molecule has 1 fully saturated rings. The summed E-state index contributed by atoms with van der Waals surface area (Å²) in [6.07, 6.45) is 0.669. The molecular weight excluding hydrogens is 472 g/mol. The molecule has 10 nitrogen and oxygen atoms in total. The van der Waals surface area contributed by atoms with Crippen LogP contribution in [0.2, 0.25) is 0 Å². The first-order valence-electron chi connectivity index (χ1n) is 12.4. The van der Waals surface area contributed by atoms with Crippen molar-refractivity contribution < 1.29 is 19.0 Å². The van der Waals surface area contributed by atoms with Crippen LogP contribution in [0.4, 0.5) is 5.82 Å². The van der Waals surface area contributed by atoms with Crippen LogP contribution >= 0.6 is 0 Å².